The van der Waals surface area contributed by atoms with E-state index in [1.807, 2.05) is 30.3 Å². The van der Waals surface area contributed by atoms with Gasteiger partial charge in [-0.25, -0.2) is 4.99 Å². The summed E-state index contributed by atoms with van der Waals surface area (Å²) in [7, 11) is -0.887. The van der Waals surface area contributed by atoms with E-state index in [2.05, 4.69) is 46.7 Å². The summed E-state index contributed by atoms with van der Waals surface area (Å²) in [5.41, 5.74) is 3.69. The highest BCUT2D eigenvalue weighted by Crippen LogP contribution is 2.14. The summed E-state index contributed by atoms with van der Waals surface area (Å²) in [5, 5.41) is 6.59. The molecule has 0 aliphatic carbocycles. The maximum atomic E-state index is 12.3. The largest absolute Gasteiger partial charge is 0.357 e. The SMILES string of the molecule is CCNC(=NCc1ccc(CN2CCCCC2)cc1)NCCS(=O)Cc1ccccc1. The van der Waals surface area contributed by atoms with Gasteiger partial charge in [-0.3, -0.25) is 9.11 Å². The maximum absolute atomic E-state index is 12.3. The second-order valence-electron chi connectivity index (χ2n) is 8.05. The predicted molar refractivity (Wildman–Crippen MR) is 132 cm³/mol. The predicted octanol–water partition coefficient (Wildman–Crippen LogP) is 3.68. The summed E-state index contributed by atoms with van der Waals surface area (Å²) in [6, 6.07) is 18.8. The lowest BCUT2D eigenvalue weighted by atomic mass is 10.1. The number of likely N-dealkylation sites (tertiary alicyclic amines) is 1. The topological polar surface area (TPSA) is 56.7 Å². The zero-order valence-corrected chi connectivity index (χ0v) is 19.5. The van der Waals surface area contributed by atoms with Crippen LogP contribution in [0.5, 0.6) is 0 Å². The van der Waals surface area contributed by atoms with Crippen molar-refractivity contribution >= 4 is 16.8 Å². The average molecular weight is 441 g/mol. The molecule has 1 heterocycles. The van der Waals surface area contributed by atoms with Gasteiger partial charge in [0.2, 0.25) is 0 Å². The van der Waals surface area contributed by atoms with Gasteiger partial charge in [0, 0.05) is 41.9 Å². The van der Waals surface area contributed by atoms with Crippen molar-refractivity contribution in [2.24, 2.45) is 4.99 Å². The van der Waals surface area contributed by atoms with Gasteiger partial charge in [0.25, 0.3) is 0 Å². The van der Waals surface area contributed by atoms with Gasteiger partial charge in [-0.1, -0.05) is 61.0 Å². The molecule has 168 valence electrons. The van der Waals surface area contributed by atoms with E-state index in [-0.39, 0.29) is 0 Å². The minimum absolute atomic E-state index is 0.597. The number of aliphatic imine (C=N–C) groups is 1. The molecule has 0 bridgehead atoms. The fraction of sp³-hybridized carbons (Fsp3) is 0.480. The van der Waals surface area contributed by atoms with Gasteiger partial charge in [-0.2, -0.15) is 0 Å². The Labute approximate surface area is 189 Å². The first-order valence-electron chi connectivity index (χ1n) is 11.4. The number of benzene rings is 2. The quantitative estimate of drug-likeness (QED) is 0.437. The number of nitrogens with zero attached hydrogens (tertiary/aromatic N) is 2. The van der Waals surface area contributed by atoms with Crippen molar-refractivity contribution in [2.45, 2.75) is 45.0 Å². The molecule has 0 spiro atoms. The molecule has 0 amide bonds. The number of rotatable bonds is 10. The number of guanidine groups is 1. The molecule has 0 saturated carbocycles. The monoisotopic (exact) mass is 440 g/mol. The molecule has 3 rings (SSSR count). The van der Waals surface area contributed by atoms with Crippen molar-refractivity contribution in [3.05, 3.63) is 71.3 Å². The molecule has 0 aromatic heterocycles. The highest BCUT2D eigenvalue weighted by atomic mass is 32.2. The number of piperidine rings is 1. The molecule has 1 fully saturated rings. The summed E-state index contributed by atoms with van der Waals surface area (Å²) in [6.45, 7) is 7.62. The molecule has 2 aromatic carbocycles. The lowest BCUT2D eigenvalue weighted by Crippen LogP contribution is -2.39. The van der Waals surface area contributed by atoms with Crippen LogP contribution in [0.2, 0.25) is 0 Å². The van der Waals surface area contributed by atoms with Crippen LogP contribution in [0.4, 0.5) is 0 Å². The van der Waals surface area contributed by atoms with Gasteiger partial charge in [-0.05, 0) is 49.5 Å². The van der Waals surface area contributed by atoms with E-state index in [0.29, 0.717) is 24.6 Å². The Morgan fingerprint density at radius 2 is 1.65 bits per heavy atom. The van der Waals surface area contributed by atoms with Crippen LogP contribution in [-0.4, -0.2) is 47.0 Å². The lowest BCUT2D eigenvalue weighted by Gasteiger charge is -2.26. The molecule has 5 nitrogen and oxygen atoms in total. The van der Waals surface area contributed by atoms with Gasteiger partial charge in [-0.15, -0.1) is 0 Å². The zero-order valence-electron chi connectivity index (χ0n) is 18.7. The Bertz CT molecular complexity index is 817. The molecule has 2 aromatic rings. The number of hydrogen-bond acceptors (Lipinski definition) is 3. The number of nitrogens with one attached hydrogen (secondary N) is 2. The van der Waals surface area contributed by atoms with Crippen LogP contribution in [0.3, 0.4) is 0 Å². The van der Waals surface area contributed by atoms with Gasteiger partial charge < -0.3 is 10.6 Å². The van der Waals surface area contributed by atoms with Crippen molar-refractivity contribution in [1.29, 1.82) is 0 Å². The van der Waals surface area contributed by atoms with Crippen LogP contribution in [0.1, 0.15) is 42.9 Å². The average Bonchev–Trinajstić information content (AvgIpc) is 2.80. The Hall–Kier alpha value is -2.18. The molecule has 6 heteroatoms. The first kappa shape index (κ1) is 23.5. The van der Waals surface area contributed by atoms with E-state index in [1.54, 1.807) is 0 Å². The van der Waals surface area contributed by atoms with Gasteiger partial charge in [0.1, 0.15) is 0 Å². The van der Waals surface area contributed by atoms with Gasteiger partial charge in [0.05, 0.1) is 6.54 Å². The van der Waals surface area contributed by atoms with Crippen LogP contribution in [0, 0.1) is 0 Å². The smallest absolute Gasteiger partial charge is 0.191 e. The standard InChI is InChI=1S/C25H36N4OS/c1-2-26-25(27-15-18-31(30)21-24-9-5-3-6-10-24)28-19-22-11-13-23(14-12-22)20-29-16-7-4-8-17-29/h3,5-6,9-14H,2,4,7-8,15-21H2,1H3,(H2,26,27,28). The van der Waals surface area contributed by atoms with Crippen molar-refractivity contribution in [3.63, 3.8) is 0 Å². The summed E-state index contributed by atoms with van der Waals surface area (Å²) in [5.74, 6) is 1.97. The summed E-state index contributed by atoms with van der Waals surface area (Å²) >= 11 is 0. The van der Waals surface area contributed by atoms with Crippen LogP contribution in [0.25, 0.3) is 0 Å². The summed E-state index contributed by atoms with van der Waals surface area (Å²) in [6.07, 6.45) is 4.03. The van der Waals surface area contributed by atoms with E-state index in [0.717, 1.165) is 24.6 Å². The van der Waals surface area contributed by atoms with Crippen molar-refractivity contribution < 1.29 is 4.21 Å². The van der Waals surface area contributed by atoms with Crippen LogP contribution < -0.4 is 10.6 Å². The van der Waals surface area contributed by atoms with Gasteiger partial charge in [0.15, 0.2) is 5.96 Å². The zero-order chi connectivity index (χ0) is 21.7. The third-order valence-corrected chi connectivity index (χ3v) is 6.75. The molecular formula is C25H36N4OS. The molecule has 2 N–H and O–H groups in total. The molecular weight excluding hydrogens is 404 g/mol. The van der Waals surface area contributed by atoms with Crippen LogP contribution in [0.15, 0.2) is 59.6 Å². The third kappa shape index (κ3) is 8.83. The first-order valence-corrected chi connectivity index (χ1v) is 12.9. The highest BCUT2D eigenvalue weighted by molar-refractivity contribution is 7.84. The Kier molecular flexibility index (Phi) is 10.1. The third-order valence-electron chi connectivity index (χ3n) is 5.43. The second kappa shape index (κ2) is 13.3. The first-order chi connectivity index (χ1) is 15.2. The van der Waals surface area contributed by atoms with E-state index < -0.39 is 10.8 Å². The molecule has 1 unspecified atom stereocenters. The Balaban J connectivity index is 1.43. The fourth-order valence-electron chi connectivity index (χ4n) is 3.75. The van der Waals surface area contributed by atoms with E-state index in [1.165, 1.54) is 43.5 Å². The van der Waals surface area contributed by atoms with Crippen LogP contribution >= 0.6 is 0 Å². The molecule has 31 heavy (non-hydrogen) atoms. The minimum atomic E-state index is -0.887. The van der Waals surface area contributed by atoms with Gasteiger partial charge >= 0.3 is 0 Å². The van der Waals surface area contributed by atoms with Crippen molar-refractivity contribution in [3.8, 4) is 0 Å². The molecule has 1 saturated heterocycles. The molecule has 1 aliphatic heterocycles. The fourth-order valence-corrected chi connectivity index (χ4v) is 4.79. The van der Waals surface area contributed by atoms with E-state index in [4.69, 9.17) is 4.99 Å². The Morgan fingerprint density at radius 3 is 2.35 bits per heavy atom. The normalized spacial score (nSPS) is 16.1. The minimum Gasteiger partial charge on any atom is -0.357 e. The van der Waals surface area contributed by atoms with Crippen molar-refractivity contribution in [2.75, 3.05) is 31.9 Å². The molecule has 1 atom stereocenters. The van der Waals surface area contributed by atoms with Crippen LogP contribution in [-0.2, 0) is 29.6 Å². The lowest BCUT2D eigenvalue weighted by molar-refractivity contribution is 0.221. The number of hydrogen-bond donors (Lipinski definition) is 2. The Morgan fingerprint density at radius 1 is 0.935 bits per heavy atom. The van der Waals surface area contributed by atoms with Crippen molar-refractivity contribution in [1.82, 2.24) is 15.5 Å². The summed E-state index contributed by atoms with van der Waals surface area (Å²) < 4.78 is 12.3. The second-order valence-corrected chi connectivity index (χ2v) is 9.63. The highest BCUT2D eigenvalue weighted by Gasteiger charge is 2.10. The maximum Gasteiger partial charge on any atom is 0.191 e. The molecule has 1 aliphatic rings. The van der Waals surface area contributed by atoms with E-state index >= 15 is 0 Å². The van der Waals surface area contributed by atoms with E-state index in [9.17, 15) is 4.21 Å². The molecule has 0 radical (unpaired) electrons. The summed E-state index contributed by atoms with van der Waals surface area (Å²) in [4.78, 5) is 7.24.